The van der Waals surface area contributed by atoms with Crippen molar-refractivity contribution < 1.29 is 38.9 Å². The van der Waals surface area contributed by atoms with E-state index < -0.39 is 24.3 Å². The van der Waals surface area contributed by atoms with Gasteiger partial charge in [0, 0.05) is 49.6 Å². The van der Waals surface area contributed by atoms with E-state index in [1.165, 1.54) is 0 Å². The summed E-state index contributed by atoms with van der Waals surface area (Å²) >= 11 is 0. The predicted octanol–water partition coefficient (Wildman–Crippen LogP) is 6.17. The summed E-state index contributed by atoms with van der Waals surface area (Å²) in [4.78, 5) is 82.6. The summed E-state index contributed by atoms with van der Waals surface area (Å²) in [6, 6.07) is 17.8. The first kappa shape index (κ1) is 40.8. The minimum atomic E-state index is -1.20. The smallest absolute Gasteiger partial charge is 0.405 e. The Morgan fingerprint density at radius 2 is 0.970 bits per heavy atom. The van der Waals surface area contributed by atoms with E-state index in [9.17, 15) is 29.4 Å². The number of benzene rings is 2. The molecule has 2 saturated carbocycles. The van der Waals surface area contributed by atoms with Crippen molar-refractivity contribution in [1.82, 2.24) is 50.3 Å². The SMILES string of the molecule is O=C(O)N[C@H](C(=O)N1[C@@H]2C[C@@H]2C[C@H]1c1nc2ccc(-c3ccc4nc(-c5ccc6nc([C@@H]7C[C@H]8C[C@H]8N7C(=O)[C@@H](NC(=O)O)C7CCOCC7)[nH]c6c5)ccc4n3)cc2[nH]1)C1CCOCC1. The van der Waals surface area contributed by atoms with Crippen LogP contribution in [0.5, 0.6) is 0 Å². The highest BCUT2D eigenvalue weighted by molar-refractivity contribution is 5.89. The van der Waals surface area contributed by atoms with Crippen LogP contribution >= 0.6 is 0 Å². The number of carbonyl (C=O) groups excluding carboxylic acids is 2. The molecule has 0 spiro atoms. The number of carbonyl (C=O) groups is 4. The van der Waals surface area contributed by atoms with Gasteiger partial charge in [0.1, 0.15) is 23.7 Å². The lowest BCUT2D eigenvalue weighted by atomic mass is 9.90. The second-order valence-electron chi connectivity index (χ2n) is 19.0. The summed E-state index contributed by atoms with van der Waals surface area (Å²) in [5.41, 5.74) is 8.01. The Hall–Kier alpha value is -6.66. The van der Waals surface area contributed by atoms with Crippen LogP contribution in [-0.4, -0.2) is 125 Å². The topological polar surface area (TPSA) is 241 Å². The zero-order chi connectivity index (χ0) is 44.8. The van der Waals surface area contributed by atoms with Crippen LogP contribution in [0.4, 0.5) is 9.59 Å². The Morgan fingerprint density at radius 1 is 0.561 bits per heavy atom. The largest absolute Gasteiger partial charge is 0.465 e. The number of H-pyrrole nitrogens is 2. The molecule has 340 valence electrons. The molecule has 6 aliphatic rings. The van der Waals surface area contributed by atoms with Crippen LogP contribution in [0.3, 0.4) is 0 Å². The Labute approximate surface area is 377 Å². The number of aromatic amines is 2. The fraction of sp³-hybridized carbons (Fsp3) is 0.458. The monoisotopic (exact) mass is 894 g/mol. The molecule has 8 atom stereocenters. The number of likely N-dealkylation sites (tertiary alicyclic amines) is 2. The number of piperidine rings is 2. The highest BCUT2D eigenvalue weighted by Crippen LogP contribution is 2.55. The van der Waals surface area contributed by atoms with Gasteiger partial charge in [-0.05, 0) is 124 Å². The number of fused-ring (bicyclic) bond motifs is 5. The van der Waals surface area contributed by atoms with Gasteiger partial charge in [0.2, 0.25) is 11.8 Å². The zero-order valence-corrected chi connectivity index (χ0v) is 36.1. The Kier molecular flexibility index (Phi) is 9.92. The minimum absolute atomic E-state index is 0.0891. The first-order valence-electron chi connectivity index (χ1n) is 23.2. The Morgan fingerprint density at radius 3 is 1.38 bits per heavy atom. The molecule has 12 rings (SSSR count). The average molecular weight is 895 g/mol. The van der Waals surface area contributed by atoms with Gasteiger partial charge in [0.25, 0.3) is 0 Å². The van der Waals surface area contributed by atoms with Crippen LogP contribution in [-0.2, 0) is 19.1 Å². The van der Waals surface area contributed by atoms with Gasteiger partial charge >= 0.3 is 12.2 Å². The van der Waals surface area contributed by atoms with E-state index in [0.29, 0.717) is 75.6 Å². The van der Waals surface area contributed by atoms with Gasteiger partial charge in [0.15, 0.2) is 0 Å². The van der Waals surface area contributed by atoms with Crippen molar-refractivity contribution in [2.75, 3.05) is 26.4 Å². The fourth-order valence-electron chi connectivity index (χ4n) is 11.5. The lowest BCUT2D eigenvalue weighted by Crippen LogP contribution is -2.53. The number of rotatable bonds is 10. The van der Waals surface area contributed by atoms with Crippen LogP contribution in [0, 0.1) is 23.7 Å². The number of nitrogens with zero attached hydrogens (tertiary/aromatic N) is 6. The Balaban J connectivity index is 0.767. The van der Waals surface area contributed by atoms with Crippen LogP contribution in [0.15, 0.2) is 60.7 Å². The third-order valence-corrected chi connectivity index (χ3v) is 15.0. The van der Waals surface area contributed by atoms with E-state index in [2.05, 4.69) is 20.6 Å². The molecule has 2 aliphatic carbocycles. The molecule has 8 heterocycles. The quantitative estimate of drug-likeness (QED) is 0.0906. The maximum absolute atomic E-state index is 14.2. The fourth-order valence-corrected chi connectivity index (χ4v) is 11.5. The van der Waals surface area contributed by atoms with Crippen LogP contribution < -0.4 is 10.6 Å². The molecule has 66 heavy (non-hydrogen) atoms. The maximum atomic E-state index is 14.2. The summed E-state index contributed by atoms with van der Waals surface area (Å²) in [5, 5.41) is 24.4. The van der Waals surface area contributed by atoms with Gasteiger partial charge in [-0.25, -0.2) is 29.5 Å². The molecule has 4 saturated heterocycles. The molecule has 4 aromatic heterocycles. The number of amides is 4. The van der Waals surface area contributed by atoms with Crippen molar-refractivity contribution in [2.24, 2.45) is 23.7 Å². The molecule has 0 bridgehead atoms. The first-order chi connectivity index (χ1) is 32.1. The number of imidazole rings is 2. The standard InChI is InChI=1S/C48H50N10O8/c59-45(41(55-47(61)62)23-9-13-65-14-10-23)57-37-19-27(37)21-39(57)43-51-33-3-1-25(17-35(33)53-43)29-5-7-32-31(49-29)8-6-30(50-32)26-2-4-34-36(18-26)54-44(52-34)40-22-28-20-38(28)58(40)46(60)42(56-48(63)64)24-11-15-66-16-12-24/h1-8,17-18,23-24,27-28,37-42,55-56H,9-16,19-22H2,(H,51,53)(H,52,54)(H,61,62)(H,63,64)/t27-,28-,37-,38-,39+,40+,41+,42+/m1/s1. The van der Waals surface area contributed by atoms with Gasteiger partial charge in [-0.1, -0.05) is 12.1 Å². The second kappa shape index (κ2) is 16.0. The first-order valence-corrected chi connectivity index (χ1v) is 23.2. The highest BCUT2D eigenvalue weighted by atomic mass is 16.5. The molecular weight excluding hydrogens is 845 g/mol. The second-order valence-corrected chi connectivity index (χ2v) is 19.0. The molecule has 0 unspecified atom stereocenters. The van der Waals surface area contributed by atoms with Crippen molar-refractivity contribution in [3.63, 3.8) is 0 Å². The molecule has 18 nitrogen and oxygen atoms in total. The van der Waals surface area contributed by atoms with E-state index in [-0.39, 0.29) is 47.8 Å². The maximum Gasteiger partial charge on any atom is 0.405 e. The molecule has 6 fully saturated rings. The third-order valence-electron chi connectivity index (χ3n) is 15.0. The molecule has 4 aliphatic heterocycles. The van der Waals surface area contributed by atoms with E-state index in [1.807, 2.05) is 70.5 Å². The summed E-state index contributed by atoms with van der Waals surface area (Å²) < 4.78 is 11.0. The molecule has 18 heteroatoms. The molecule has 2 aromatic carbocycles. The van der Waals surface area contributed by atoms with Crippen molar-refractivity contribution >= 4 is 57.1 Å². The van der Waals surface area contributed by atoms with Gasteiger partial charge in [-0.15, -0.1) is 0 Å². The third kappa shape index (κ3) is 7.35. The van der Waals surface area contributed by atoms with Gasteiger partial charge in [0.05, 0.1) is 56.6 Å². The van der Waals surface area contributed by atoms with Crippen molar-refractivity contribution in [1.29, 1.82) is 0 Å². The van der Waals surface area contributed by atoms with Crippen molar-refractivity contribution in [2.45, 2.75) is 87.6 Å². The number of hydrogen-bond donors (Lipinski definition) is 6. The summed E-state index contributed by atoms with van der Waals surface area (Å²) in [6.07, 6.45) is 3.52. The number of carboxylic acid groups (broad SMARTS) is 2. The molecule has 6 N–H and O–H groups in total. The van der Waals surface area contributed by atoms with Crippen molar-refractivity contribution in [3.8, 4) is 22.5 Å². The summed E-state index contributed by atoms with van der Waals surface area (Å²) in [6.45, 7) is 2.04. The highest BCUT2D eigenvalue weighted by Gasteiger charge is 2.58. The number of aromatic nitrogens is 6. The lowest BCUT2D eigenvalue weighted by Gasteiger charge is -2.35. The lowest BCUT2D eigenvalue weighted by molar-refractivity contribution is -0.138. The van der Waals surface area contributed by atoms with Crippen molar-refractivity contribution in [3.05, 3.63) is 72.3 Å². The predicted molar refractivity (Wildman–Crippen MR) is 239 cm³/mol. The number of hydrogen-bond acceptors (Lipinski definition) is 10. The molecule has 6 aromatic rings. The molecule has 4 amide bonds. The summed E-state index contributed by atoms with van der Waals surface area (Å²) in [7, 11) is 0. The van der Waals surface area contributed by atoms with Crippen LogP contribution in [0.25, 0.3) is 55.6 Å². The molecule has 0 radical (unpaired) electrons. The molecular formula is C48H50N10O8. The van der Waals surface area contributed by atoms with E-state index in [0.717, 1.165) is 81.3 Å². The van der Waals surface area contributed by atoms with Gasteiger partial charge in [-0.3, -0.25) is 9.59 Å². The van der Waals surface area contributed by atoms with Crippen LogP contribution in [0.2, 0.25) is 0 Å². The van der Waals surface area contributed by atoms with Crippen LogP contribution in [0.1, 0.15) is 75.1 Å². The van der Waals surface area contributed by atoms with Gasteiger partial charge < -0.3 is 50.1 Å². The van der Waals surface area contributed by atoms with E-state index in [4.69, 9.17) is 29.4 Å². The average Bonchev–Trinajstić information content (AvgIpc) is 3.99. The zero-order valence-electron chi connectivity index (χ0n) is 36.1. The van der Waals surface area contributed by atoms with E-state index >= 15 is 0 Å². The summed E-state index contributed by atoms with van der Waals surface area (Å²) in [5.74, 6) is 1.56. The van der Waals surface area contributed by atoms with E-state index in [1.54, 1.807) is 0 Å². The minimum Gasteiger partial charge on any atom is -0.465 e. The normalized spacial score (nSPS) is 26.0. The Bertz CT molecular complexity index is 2730. The number of ether oxygens (including phenoxy) is 2. The number of pyridine rings is 2. The number of nitrogens with one attached hydrogen (secondary N) is 4. The van der Waals surface area contributed by atoms with Gasteiger partial charge in [-0.2, -0.15) is 0 Å².